The van der Waals surface area contributed by atoms with E-state index in [1.807, 2.05) is 13.8 Å². The molecule has 7 aliphatic rings. The van der Waals surface area contributed by atoms with Crippen molar-refractivity contribution in [2.45, 2.75) is 181 Å². The fourth-order valence-electron chi connectivity index (χ4n) is 14.1. The number of epoxide rings is 1. The molecule has 2 aliphatic heterocycles. The molecule has 7 rings (SSSR count). The number of aliphatic hydroxyl groups is 4. The summed E-state index contributed by atoms with van der Waals surface area (Å²) in [6.07, 6.45) is 0.542. The summed E-state index contributed by atoms with van der Waals surface area (Å²) in [5, 5.41) is 44.3. The molecule has 5 saturated carbocycles. The second-order valence-electron chi connectivity index (χ2n) is 19.6. The lowest BCUT2D eigenvalue weighted by Gasteiger charge is -2.69. The number of esters is 2. The summed E-state index contributed by atoms with van der Waals surface area (Å²) < 4.78 is 30.2. The number of carbonyl (C=O) groups excluding carboxylic acids is 2. The smallest absolute Gasteiger partial charge is 0.302 e. The van der Waals surface area contributed by atoms with Crippen LogP contribution in [0, 0.1) is 50.7 Å². The van der Waals surface area contributed by atoms with Gasteiger partial charge in [-0.1, -0.05) is 34.6 Å². The van der Waals surface area contributed by atoms with E-state index in [1.165, 1.54) is 13.8 Å². The summed E-state index contributed by atoms with van der Waals surface area (Å²) >= 11 is 0. The van der Waals surface area contributed by atoms with E-state index in [4.69, 9.17) is 23.7 Å². The zero-order valence-corrected chi connectivity index (χ0v) is 32.2. The second-order valence-corrected chi connectivity index (χ2v) is 19.6. The summed E-state index contributed by atoms with van der Waals surface area (Å²) in [6.45, 7) is 18.2. The van der Waals surface area contributed by atoms with Crippen molar-refractivity contribution in [3.8, 4) is 0 Å². The summed E-state index contributed by atoms with van der Waals surface area (Å²) in [7, 11) is 0. The van der Waals surface area contributed by atoms with Crippen LogP contribution >= 0.6 is 0 Å². The molecule has 0 spiro atoms. The number of ether oxygens (including phenoxy) is 5. The number of hydrogen-bond donors (Lipinski definition) is 4. The van der Waals surface area contributed by atoms with Crippen molar-refractivity contribution in [2.24, 2.45) is 50.7 Å². The van der Waals surface area contributed by atoms with Crippen LogP contribution in [-0.4, -0.2) is 99.7 Å². The molecule has 2 heterocycles. The molecule has 0 aromatic rings. The van der Waals surface area contributed by atoms with Crippen LogP contribution in [0.15, 0.2) is 0 Å². The Morgan fingerprint density at radius 3 is 2.18 bits per heavy atom. The standard InChI is InChI=1S/C40H64O11/c1-20(16-24(43)33-36(6,7)51-33)23-10-15-40-19-39(23,40)14-11-26-37(8)13-12-28(48-22(3)42)35(4,5)27(37)17-29(38(26,40)9)50-34-32(46)31(45)30(44)25(49-34)18-47-21(2)41/h20,23-34,43-46H,10-19H2,1-9H3/t20-,23-,24+,25+,26+,27-,28+,29+,30+,31?,32?,33-,34-,37+,38-,39+,40+/m0/s1. The molecular weight excluding hydrogens is 656 g/mol. The zero-order chi connectivity index (χ0) is 37.3. The lowest BCUT2D eigenvalue weighted by Crippen LogP contribution is -2.68. The maximum atomic E-state index is 12.3. The molecule has 0 aromatic carbocycles. The van der Waals surface area contributed by atoms with E-state index < -0.39 is 42.8 Å². The van der Waals surface area contributed by atoms with Crippen molar-refractivity contribution >= 4 is 11.9 Å². The number of carbonyl (C=O) groups is 2. The second kappa shape index (κ2) is 12.3. The molecule has 4 N–H and O–H groups in total. The molecule has 11 nitrogen and oxygen atoms in total. The average molecular weight is 721 g/mol. The first-order valence-electron chi connectivity index (χ1n) is 19.7. The lowest BCUT2D eigenvalue weighted by atomic mass is 9.37. The molecule has 11 heteroatoms. The highest BCUT2D eigenvalue weighted by atomic mass is 16.7. The predicted molar refractivity (Wildman–Crippen MR) is 185 cm³/mol. The van der Waals surface area contributed by atoms with Gasteiger partial charge < -0.3 is 44.1 Å². The Labute approximate surface area is 303 Å². The molecule has 0 aromatic heterocycles. The Morgan fingerprint density at radius 2 is 1.55 bits per heavy atom. The van der Waals surface area contributed by atoms with E-state index in [0.29, 0.717) is 24.7 Å². The highest BCUT2D eigenvalue weighted by Crippen LogP contribution is 2.91. The molecular formula is C40H64O11. The van der Waals surface area contributed by atoms with Crippen molar-refractivity contribution in [1.29, 1.82) is 0 Å². The van der Waals surface area contributed by atoms with Crippen molar-refractivity contribution in [1.82, 2.24) is 0 Å². The largest absolute Gasteiger partial charge is 0.463 e. The number of hydrogen-bond acceptors (Lipinski definition) is 11. The molecule has 0 amide bonds. The van der Waals surface area contributed by atoms with Crippen LogP contribution < -0.4 is 0 Å². The Balaban J connectivity index is 1.23. The third-order valence-electron chi connectivity index (χ3n) is 16.5. The molecule has 7 fully saturated rings. The van der Waals surface area contributed by atoms with Gasteiger partial charge in [-0.05, 0) is 112 Å². The fraction of sp³-hybridized carbons (Fsp3) is 0.950. The van der Waals surface area contributed by atoms with E-state index in [9.17, 15) is 30.0 Å². The Hall–Kier alpha value is -1.34. The predicted octanol–water partition coefficient (Wildman–Crippen LogP) is 4.29. The highest BCUT2D eigenvalue weighted by Gasteiger charge is 2.85. The quantitative estimate of drug-likeness (QED) is 0.153. The van der Waals surface area contributed by atoms with Gasteiger partial charge in [-0.25, -0.2) is 0 Å². The molecule has 0 bridgehead atoms. The van der Waals surface area contributed by atoms with E-state index in [2.05, 4.69) is 34.6 Å². The first-order valence-corrected chi connectivity index (χ1v) is 19.7. The van der Waals surface area contributed by atoms with Gasteiger partial charge in [0.2, 0.25) is 0 Å². The van der Waals surface area contributed by atoms with Crippen LogP contribution in [0.3, 0.4) is 0 Å². The van der Waals surface area contributed by atoms with E-state index in [1.54, 1.807) is 0 Å². The Bertz CT molecular complexity index is 1380. The van der Waals surface area contributed by atoms with E-state index in [-0.39, 0.29) is 75.4 Å². The molecule has 290 valence electrons. The van der Waals surface area contributed by atoms with Crippen LogP contribution in [0.5, 0.6) is 0 Å². The van der Waals surface area contributed by atoms with Gasteiger partial charge in [0.25, 0.3) is 0 Å². The fourth-order valence-corrected chi connectivity index (χ4v) is 14.1. The van der Waals surface area contributed by atoms with Gasteiger partial charge in [-0.3, -0.25) is 9.59 Å². The summed E-state index contributed by atoms with van der Waals surface area (Å²) in [5.41, 5.74) is -0.829. The van der Waals surface area contributed by atoms with Gasteiger partial charge in [0.1, 0.15) is 43.2 Å². The van der Waals surface area contributed by atoms with Gasteiger partial charge in [0.05, 0.1) is 17.8 Å². The summed E-state index contributed by atoms with van der Waals surface area (Å²) in [5.74, 6) is 0.407. The van der Waals surface area contributed by atoms with Crippen LogP contribution in [0.25, 0.3) is 0 Å². The van der Waals surface area contributed by atoms with E-state index >= 15 is 0 Å². The molecule has 51 heavy (non-hydrogen) atoms. The minimum absolute atomic E-state index is 0.00651. The topological polar surface area (TPSA) is 165 Å². The maximum Gasteiger partial charge on any atom is 0.302 e. The van der Waals surface area contributed by atoms with Crippen molar-refractivity contribution in [2.75, 3.05) is 6.61 Å². The minimum atomic E-state index is -1.55. The van der Waals surface area contributed by atoms with Crippen molar-refractivity contribution in [3.63, 3.8) is 0 Å². The van der Waals surface area contributed by atoms with Gasteiger partial charge >= 0.3 is 11.9 Å². The van der Waals surface area contributed by atoms with Crippen LogP contribution in [0.1, 0.15) is 120 Å². The van der Waals surface area contributed by atoms with Crippen LogP contribution in [0.4, 0.5) is 0 Å². The minimum Gasteiger partial charge on any atom is -0.463 e. The first-order chi connectivity index (χ1) is 23.7. The molecule has 5 aliphatic carbocycles. The highest BCUT2D eigenvalue weighted by molar-refractivity contribution is 5.66. The van der Waals surface area contributed by atoms with Crippen LogP contribution in [-0.2, 0) is 33.3 Å². The number of rotatable bonds is 9. The van der Waals surface area contributed by atoms with Crippen LogP contribution in [0.2, 0.25) is 0 Å². The third kappa shape index (κ3) is 5.51. The normalized spacial score (nSPS) is 51.5. The number of fused-ring (bicyclic) bond motifs is 3. The summed E-state index contributed by atoms with van der Waals surface area (Å²) in [6, 6.07) is 0. The van der Waals surface area contributed by atoms with Crippen molar-refractivity contribution < 1.29 is 53.7 Å². The third-order valence-corrected chi connectivity index (χ3v) is 16.5. The van der Waals surface area contributed by atoms with Gasteiger partial charge in [-0.2, -0.15) is 0 Å². The molecule has 17 atom stereocenters. The van der Waals surface area contributed by atoms with Crippen molar-refractivity contribution in [3.05, 3.63) is 0 Å². The molecule has 2 unspecified atom stereocenters. The molecule has 0 radical (unpaired) electrons. The van der Waals surface area contributed by atoms with Gasteiger partial charge in [0, 0.05) is 24.7 Å². The summed E-state index contributed by atoms with van der Waals surface area (Å²) in [4.78, 5) is 23.9. The Morgan fingerprint density at radius 1 is 0.863 bits per heavy atom. The first kappa shape index (κ1) is 38.0. The van der Waals surface area contributed by atoms with Gasteiger partial charge in [0.15, 0.2) is 6.29 Å². The number of aliphatic hydroxyl groups excluding tert-OH is 4. The van der Waals surface area contributed by atoms with Gasteiger partial charge in [-0.15, -0.1) is 0 Å². The SMILES string of the molecule is CC(=O)OC[C@H]1O[C@@H](O[C@@H]2C[C@H]3C(C)(C)[C@H](OC(C)=O)CC[C@]3(C)[C@H]3CC[C@]45C[C@]4(CC[C@H]5[C@@H](C)C[C@@H](O)[C@@H]4OC4(C)C)[C@@]32C)C(O)C(O)[C@@H]1O. The lowest BCUT2D eigenvalue weighted by molar-refractivity contribution is -0.344. The average Bonchev–Trinajstić information content (AvgIpc) is 3.87. The maximum absolute atomic E-state index is 12.3. The zero-order valence-electron chi connectivity index (χ0n) is 32.2. The monoisotopic (exact) mass is 720 g/mol. The molecule has 2 saturated heterocycles. The van der Waals surface area contributed by atoms with E-state index in [0.717, 1.165) is 44.9 Å². The Kier molecular flexibility index (Phi) is 9.18.